The van der Waals surface area contributed by atoms with Gasteiger partial charge in [0, 0.05) is 141 Å². The van der Waals surface area contributed by atoms with E-state index in [9.17, 15) is 44.1 Å². The lowest BCUT2D eigenvalue weighted by Crippen LogP contribution is -2.57. The Morgan fingerprint density at radius 2 is 1.06 bits per heavy atom. The minimum absolute atomic E-state index is 0.0329. The molecule has 2 N–H and O–H groups in total. The normalized spacial score (nSPS) is 22.9. The summed E-state index contributed by atoms with van der Waals surface area (Å²) >= 11 is 0. The second-order valence-corrected chi connectivity index (χ2v) is 33.6. The first kappa shape index (κ1) is 73.2. The molecule has 578 valence electrons. The maximum absolute atomic E-state index is 13.8. The third-order valence-electron chi connectivity index (χ3n) is 26.8. The van der Waals surface area contributed by atoms with Gasteiger partial charge in [-0.3, -0.25) is 54.0 Å². The van der Waals surface area contributed by atoms with Crippen LogP contribution < -0.4 is 30.2 Å². The van der Waals surface area contributed by atoms with Gasteiger partial charge in [0.15, 0.2) is 0 Å². The molecule has 0 spiro atoms. The highest BCUT2D eigenvalue weighted by Gasteiger charge is 2.56. The molecule has 0 radical (unpaired) electrons. The first-order valence-corrected chi connectivity index (χ1v) is 40.5. The van der Waals surface area contributed by atoms with Crippen LogP contribution >= 0.6 is 0 Å². The Balaban J connectivity index is 0.568. The highest BCUT2D eigenvalue weighted by Crippen LogP contribution is 2.57. The summed E-state index contributed by atoms with van der Waals surface area (Å²) < 4.78 is 11.5. The minimum atomic E-state index is -1.01. The smallest absolute Gasteiger partial charge is 0.262 e. The highest BCUT2D eigenvalue weighted by atomic mass is 16.5. The zero-order chi connectivity index (χ0) is 77.9. The molecule has 10 aliphatic rings. The van der Waals surface area contributed by atoms with Crippen LogP contribution in [0.1, 0.15) is 165 Å². The van der Waals surface area contributed by atoms with E-state index >= 15 is 0 Å². The van der Waals surface area contributed by atoms with E-state index < -0.39 is 52.4 Å². The van der Waals surface area contributed by atoms with Crippen molar-refractivity contribution in [3.63, 3.8) is 0 Å². The molecule has 2 aromatic heterocycles. The van der Waals surface area contributed by atoms with E-state index in [1.54, 1.807) is 17.0 Å². The number of rotatable bonds is 20. The Kier molecular flexibility index (Phi) is 18.8. The third kappa shape index (κ3) is 13.4. The summed E-state index contributed by atoms with van der Waals surface area (Å²) in [5, 5.41) is 35.4. The summed E-state index contributed by atoms with van der Waals surface area (Å²) in [7, 11) is 0. The molecule has 4 atom stereocenters. The van der Waals surface area contributed by atoms with E-state index in [-0.39, 0.29) is 42.6 Å². The summed E-state index contributed by atoms with van der Waals surface area (Å²) in [5.74, 6) is -0.601. The van der Waals surface area contributed by atoms with Crippen LogP contribution in [0.15, 0.2) is 130 Å². The Morgan fingerprint density at radius 1 is 0.522 bits per heavy atom. The average molecular weight is 1520 g/mol. The number of carbonyl (C=O) groups is 7. The molecule has 23 nitrogen and oxygen atoms in total. The lowest BCUT2D eigenvalue weighted by Gasteiger charge is -2.49. The number of benzene rings is 6. The largest absolute Gasteiger partial charge is 0.371 e. The van der Waals surface area contributed by atoms with E-state index in [4.69, 9.17) is 9.05 Å². The Hall–Kier alpha value is -11.3. The van der Waals surface area contributed by atoms with Crippen LogP contribution in [0.4, 0.5) is 34.1 Å². The molecule has 10 heterocycles. The van der Waals surface area contributed by atoms with Gasteiger partial charge in [-0.25, -0.2) is 0 Å². The monoisotopic (exact) mass is 1510 g/mol. The van der Waals surface area contributed by atoms with Gasteiger partial charge in [0.25, 0.3) is 17.7 Å². The molecule has 7 amide bonds. The molecule has 23 heteroatoms. The van der Waals surface area contributed by atoms with Crippen LogP contribution in [-0.4, -0.2) is 161 Å². The van der Waals surface area contributed by atoms with Crippen molar-refractivity contribution in [1.29, 1.82) is 10.5 Å². The topological polar surface area (TPSA) is 269 Å². The summed E-state index contributed by atoms with van der Waals surface area (Å²) in [6, 6.07) is 47.2. The van der Waals surface area contributed by atoms with Crippen molar-refractivity contribution in [2.24, 2.45) is 17.8 Å². The summed E-state index contributed by atoms with van der Waals surface area (Å²) in [6.45, 7) is 19.1. The summed E-state index contributed by atoms with van der Waals surface area (Å²) in [5.41, 5.74) is 17.2. The number of nitriles is 2. The van der Waals surface area contributed by atoms with Crippen molar-refractivity contribution < 1.29 is 42.6 Å². The molecule has 8 aromatic rings. The van der Waals surface area contributed by atoms with Crippen LogP contribution in [0.2, 0.25) is 0 Å². The Morgan fingerprint density at radius 3 is 1.64 bits per heavy atom. The zero-order valence-corrected chi connectivity index (χ0v) is 64.8. The van der Waals surface area contributed by atoms with Gasteiger partial charge in [-0.05, 0) is 242 Å². The maximum Gasteiger partial charge on any atom is 0.262 e. The van der Waals surface area contributed by atoms with E-state index in [1.807, 2.05) is 45.9 Å². The number of hydrogen-bond donors (Lipinski definition) is 2. The molecular weight excluding hydrogens is 1420 g/mol. The number of aryl methyl sites for hydroxylation is 5. The molecule has 113 heavy (non-hydrogen) atoms. The van der Waals surface area contributed by atoms with Crippen molar-refractivity contribution in [2.45, 2.75) is 166 Å². The van der Waals surface area contributed by atoms with Crippen molar-refractivity contribution in [3.05, 3.63) is 189 Å². The number of carbonyl (C=O) groups excluding carboxylic acids is 7. The number of fused-ring (bicyclic) bond motifs is 2. The fraction of sp³-hybridized carbons (Fsp3) is 0.433. The van der Waals surface area contributed by atoms with E-state index in [0.29, 0.717) is 60.9 Å². The zero-order valence-electron chi connectivity index (χ0n) is 64.8. The van der Waals surface area contributed by atoms with Crippen molar-refractivity contribution in [3.8, 4) is 34.4 Å². The van der Waals surface area contributed by atoms with Gasteiger partial charge in [-0.15, -0.1) is 0 Å². The number of imide groups is 3. The lowest BCUT2D eigenvalue weighted by molar-refractivity contribution is -0.138. The van der Waals surface area contributed by atoms with E-state index in [1.165, 1.54) is 0 Å². The van der Waals surface area contributed by atoms with Crippen molar-refractivity contribution in [2.75, 3.05) is 85.0 Å². The van der Waals surface area contributed by atoms with Gasteiger partial charge in [0.05, 0.1) is 45.5 Å². The number of nitrogens with zero attached hydrogens (tertiary/aromatic N) is 12. The number of piperidine rings is 5. The molecule has 8 aliphatic heterocycles. The first-order valence-electron chi connectivity index (χ1n) is 40.5. The average Bonchev–Trinajstić information content (AvgIpc) is 1.59. The van der Waals surface area contributed by atoms with Gasteiger partial charge in [-0.2, -0.15) is 10.5 Å². The van der Waals surface area contributed by atoms with Crippen LogP contribution in [0.25, 0.3) is 22.3 Å². The van der Waals surface area contributed by atoms with Gasteiger partial charge < -0.3 is 38.4 Å². The predicted molar refractivity (Wildman–Crippen MR) is 426 cm³/mol. The molecule has 6 aromatic carbocycles. The van der Waals surface area contributed by atoms with Gasteiger partial charge in [0.2, 0.25) is 23.6 Å². The summed E-state index contributed by atoms with van der Waals surface area (Å²) in [6.07, 6.45) is 9.76. The molecule has 18 rings (SSSR count). The molecule has 2 aliphatic carbocycles. The van der Waals surface area contributed by atoms with Gasteiger partial charge in [-0.1, -0.05) is 64.9 Å². The van der Waals surface area contributed by atoms with E-state index in [2.05, 4.69) is 160 Å². The fourth-order valence-electron chi connectivity index (χ4n) is 20.0. The SMILES string of the molecule is Cc1ccc(-c2c(C)noc2C)cc1N(CC1CCN(C2CCN(c3ccc4c(c3)C(=O)N(C3CCC(=O)NC3=O)C4=O)CC2)CC1)c1ccc(C2(C#N)CC2Cc2ccc(-c3c(C)noc3C)cc2N(CC2CN(C3CCN(c4ccc5c(c4)C(=O)N(C4CCC(=O)NC4=O)C5)CC3)C2)c2ccc(C3(C#N)CC3)cc2)cc1. The van der Waals surface area contributed by atoms with Crippen LogP contribution in [0.3, 0.4) is 0 Å². The Bertz CT molecular complexity index is 5230. The fourth-order valence-corrected chi connectivity index (χ4v) is 20.0. The molecule has 6 saturated heterocycles. The highest BCUT2D eigenvalue weighted by molar-refractivity contribution is 6.24. The lowest BCUT2D eigenvalue weighted by atomic mass is 9.89. The number of likely N-dealkylation sites (tertiary alicyclic amines) is 2. The second kappa shape index (κ2) is 29.0. The van der Waals surface area contributed by atoms with Crippen molar-refractivity contribution in [1.82, 2.24) is 40.5 Å². The third-order valence-corrected chi connectivity index (χ3v) is 26.8. The molecule has 8 fully saturated rings. The van der Waals surface area contributed by atoms with Crippen LogP contribution in [0.5, 0.6) is 0 Å². The summed E-state index contributed by atoms with van der Waals surface area (Å²) in [4.78, 5) is 108. The number of nitrogens with one attached hydrogen (secondary N) is 2. The van der Waals surface area contributed by atoms with Crippen LogP contribution in [-0.2, 0) is 43.0 Å². The van der Waals surface area contributed by atoms with Crippen LogP contribution in [0, 0.1) is 75.0 Å². The van der Waals surface area contributed by atoms with Gasteiger partial charge >= 0.3 is 0 Å². The minimum Gasteiger partial charge on any atom is -0.371 e. The molecule has 4 unspecified atom stereocenters. The second-order valence-electron chi connectivity index (χ2n) is 33.6. The molecular formula is C90H94N14O9. The first-order chi connectivity index (χ1) is 54.7. The number of anilines is 6. The number of hydrogen-bond acceptors (Lipinski definition) is 19. The molecule has 0 bridgehead atoms. The molecule has 2 saturated carbocycles. The van der Waals surface area contributed by atoms with E-state index in [0.717, 1.165) is 229 Å². The maximum atomic E-state index is 13.8. The standard InChI is InChI=1S/C90H94N14O9/c1-53-6-7-61(82-54(2)95-112-56(82)4)41-78(53)101(48-58-26-34-97(35-27-58)67-28-36-99(37-29-67)72-20-21-73-75(44-72)88(111)104(87(73)110)77-23-25-81(106)94-85(77)108)69-18-13-65(14-19-69)90(52-92)45-66(90)40-60-8-9-62(83-55(3)96-113-57(83)5)42-79(60)102(70-16-11-64(12-17-70)89(51-91)32-33-89)49-59-46-100(47-59)68-30-38-98(39-31-68)71-15-10-63-50-103(86(109)74(63)43-71)76-22-24-80(105)93-84(76)107/h6-21,41-44,58-59,66-68,76-77H,22-40,45-50H2,1-5H3,(H,93,105,107)(H,94,106,108). The predicted octanol–water partition coefficient (Wildman–Crippen LogP) is 12.5. The number of amides is 7. The van der Waals surface area contributed by atoms with Gasteiger partial charge in [0.1, 0.15) is 23.6 Å². The quantitative estimate of drug-likeness (QED) is 0.0671. The Labute approximate surface area is 657 Å². The number of aromatic nitrogens is 2. The van der Waals surface area contributed by atoms with Crippen molar-refractivity contribution >= 4 is 75.5 Å².